The van der Waals surface area contributed by atoms with Crippen LogP contribution < -0.4 is 10.6 Å². The minimum Gasteiger partial charge on any atom is -0.358 e. The lowest BCUT2D eigenvalue weighted by Crippen LogP contribution is -2.28. The number of hydrogen-bond donors (Lipinski definition) is 2. The third-order valence-corrected chi connectivity index (χ3v) is 3.69. The van der Waals surface area contributed by atoms with Crippen molar-refractivity contribution in [3.8, 4) is 0 Å². The Morgan fingerprint density at radius 2 is 2.06 bits per heavy atom. The highest BCUT2D eigenvalue weighted by molar-refractivity contribution is 7.09. The highest BCUT2D eigenvalue weighted by atomic mass is 32.1. The van der Waals surface area contributed by atoms with Gasteiger partial charge >= 0.3 is 0 Å². The van der Waals surface area contributed by atoms with Crippen molar-refractivity contribution in [3.63, 3.8) is 0 Å². The Kier molecular flexibility index (Phi) is 3.47. The first-order valence-corrected chi connectivity index (χ1v) is 6.60. The Balaban J connectivity index is 2.28. The molecule has 0 bridgehead atoms. The van der Waals surface area contributed by atoms with Gasteiger partial charge in [-0.25, -0.2) is 9.97 Å². The molecule has 2 N–H and O–H groups in total. The van der Waals surface area contributed by atoms with E-state index in [4.69, 9.17) is 0 Å². The lowest BCUT2D eigenvalue weighted by atomic mass is 10.1. The van der Waals surface area contributed by atoms with E-state index in [-0.39, 0.29) is 5.54 Å². The molecule has 2 rings (SSSR count). The van der Waals surface area contributed by atoms with Gasteiger partial charge in [-0.1, -0.05) is 0 Å². The average molecular weight is 263 g/mol. The van der Waals surface area contributed by atoms with Crippen LogP contribution in [0.25, 0.3) is 0 Å². The van der Waals surface area contributed by atoms with Crippen molar-refractivity contribution in [3.05, 3.63) is 28.3 Å². The van der Waals surface area contributed by atoms with E-state index in [0.29, 0.717) is 5.95 Å². The van der Waals surface area contributed by atoms with Crippen molar-refractivity contribution in [1.82, 2.24) is 15.0 Å². The number of nitrogens with zero attached hydrogens (tertiary/aromatic N) is 3. The van der Waals surface area contributed by atoms with Gasteiger partial charge in [0.25, 0.3) is 0 Å². The minimum absolute atomic E-state index is 0.252. The van der Waals surface area contributed by atoms with E-state index in [1.165, 1.54) is 0 Å². The summed E-state index contributed by atoms with van der Waals surface area (Å²) in [5.74, 6) is 1.44. The van der Waals surface area contributed by atoms with Crippen LogP contribution in [0, 0.1) is 6.92 Å². The topological polar surface area (TPSA) is 62.7 Å². The second-order valence-corrected chi connectivity index (χ2v) is 5.46. The van der Waals surface area contributed by atoms with Gasteiger partial charge in [-0.05, 0) is 20.8 Å². The maximum Gasteiger partial charge on any atom is 0.224 e. The molecule has 5 nitrogen and oxygen atoms in total. The van der Waals surface area contributed by atoms with E-state index >= 15 is 0 Å². The zero-order chi connectivity index (χ0) is 13.2. The van der Waals surface area contributed by atoms with Crippen LogP contribution in [0.2, 0.25) is 0 Å². The molecule has 0 radical (unpaired) electrons. The summed E-state index contributed by atoms with van der Waals surface area (Å²) in [7, 11) is 1.81. The van der Waals surface area contributed by atoms with E-state index in [2.05, 4.69) is 39.4 Å². The molecule has 96 valence electrons. The number of aryl methyl sites for hydroxylation is 1. The summed E-state index contributed by atoms with van der Waals surface area (Å²) in [5.41, 5.74) is 0.761. The van der Waals surface area contributed by atoms with Gasteiger partial charge in [0.15, 0.2) is 0 Å². The summed E-state index contributed by atoms with van der Waals surface area (Å²) in [6, 6.07) is 0. The average Bonchev–Trinajstić information content (AvgIpc) is 2.86. The normalized spacial score (nSPS) is 11.3. The van der Waals surface area contributed by atoms with Crippen LogP contribution >= 0.6 is 11.3 Å². The molecule has 2 aromatic heterocycles. The van der Waals surface area contributed by atoms with Crippen molar-refractivity contribution in [2.24, 2.45) is 0 Å². The van der Waals surface area contributed by atoms with Crippen LogP contribution in [0.15, 0.2) is 17.8 Å². The molecule has 0 aliphatic heterocycles. The quantitative estimate of drug-likeness (QED) is 0.888. The molecule has 0 atom stereocenters. The number of nitrogens with one attached hydrogen (secondary N) is 2. The number of anilines is 2. The molecular formula is C12H17N5S. The van der Waals surface area contributed by atoms with E-state index in [9.17, 15) is 0 Å². The second kappa shape index (κ2) is 4.89. The van der Waals surface area contributed by atoms with Crippen LogP contribution in [-0.4, -0.2) is 22.0 Å². The first-order valence-electron chi connectivity index (χ1n) is 5.72. The molecule has 0 aliphatic carbocycles. The van der Waals surface area contributed by atoms with E-state index in [1.807, 2.05) is 18.5 Å². The summed E-state index contributed by atoms with van der Waals surface area (Å²) in [6.45, 7) is 6.17. The molecule has 0 fully saturated rings. The van der Waals surface area contributed by atoms with Crippen molar-refractivity contribution in [2.75, 3.05) is 17.7 Å². The summed E-state index contributed by atoms with van der Waals surface area (Å²) in [6.07, 6.45) is 3.62. The molecule has 0 amide bonds. The second-order valence-electron chi connectivity index (χ2n) is 4.56. The highest BCUT2D eigenvalue weighted by Crippen LogP contribution is 2.27. The smallest absolute Gasteiger partial charge is 0.224 e. The zero-order valence-corrected chi connectivity index (χ0v) is 11.8. The molecule has 0 aliphatic rings. The summed E-state index contributed by atoms with van der Waals surface area (Å²) < 4.78 is 0. The molecule has 2 heterocycles. The molecule has 0 aromatic carbocycles. The summed E-state index contributed by atoms with van der Waals surface area (Å²) >= 11 is 1.63. The van der Waals surface area contributed by atoms with Crippen LogP contribution in [0.1, 0.15) is 24.4 Å². The molecule has 18 heavy (non-hydrogen) atoms. The zero-order valence-electron chi connectivity index (χ0n) is 11.0. The van der Waals surface area contributed by atoms with Crippen LogP contribution in [-0.2, 0) is 5.54 Å². The lowest BCUT2D eigenvalue weighted by molar-refractivity contribution is 0.600. The fourth-order valence-corrected chi connectivity index (χ4v) is 2.29. The van der Waals surface area contributed by atoms with Gasteiger partial charge in [-0.2, -0.15) is 4.98 Å². The summed E-state index contributed by atoms with van der Waals surface area (Å²) in [5, 5.41) is 9.37. The van der Waals surface area contributed by atoms with E-state index in [1.54, 1.807) is 24.6 Å². The summed E-state index contributed by atoms with van der Waals surface area (Å²) in [4.78, 5) is 13.0. The number of aromatic nitrogens is 3. The molecule has 2 aromatic rings. The van der Waals surface area contributed by atoms with E-state index < -0.39 is 0 Å². The monoisotopic (exact) mass is 263 g/mol. The Labute approximate surface area is 111 Å². The first-order chi connectivity index (χ1) is 8.53. The number of thiazole rings is 1. The third-order valence-electron chi connectivity index (χ3n) is 2.59. The minimum atomic E-state index is -0.252. The molecule has 0 spiro atoms. The van der Waals surface area contributed by atoms with Gasteiger partial charge in [0, 0.05) is 30.4 Å². The van der Waals surface area contributed by atoms with Crippen molar-refractivity contribution >= 4 is 23.1 Å². The lowest BCUT2D eigenvalue weighted by Gasteiger charge is -2.25. The standard InChI is InChI=1S/C12H17N5S/c1-8-7-15-11(13-4)16-9(8)17-12(2,3)10-14-5-6-18-10/h5-7H,1-4H3,(H2,13,15,16,17). The van der Waals surface area contributed by atoms with Crippen LogP contribution in [0.5, 0.6) is 0 Å². The predicted molar refractivity (Wildman–Crippen MR) is 75.1 cm³/mol. The van der Waals surface area contributed by atoms with Crippen LogP contribution in [0.4, 0.5) is 11.8 Å². The molecule has 0 unspecified atom stereocenters. The van der Waals surface area contributed by atoms with Gasteiger partial charge < -0.3 is 10.6 Å². The Morgan fingerprint density at radius 3 is 2.67 bits per heavy atom. The Morgan fingerprint density at radius 1 is 1.28 bits per heavy atom. The van der Waals surface area contributed by atoms with Crippen LogP contribution in [0.3, 0.4) is 0 Å². The molecular weight excluding hydrogens is 246 g/mol. The third kappa shape index (κ3) is 2.59. The number of rotatable bonds is 4. The molecule has 0 saturated carbocycles. The molecule has 6 heteroatoms. The maximum atomic E-state index is 4.43. The first kappa shape index (κ1) is 12.8. The SMILES string of the molecule is CNc1ncc(C)c(NC(C)(C)c2nccs2)n1. The van der Waals surface area contributed by atoms with Crippen molar-refractivity contribution in [2.45, 2.75) is 26.3 Å². The molecule has 0 saturated heterocycles. The van der Waals surface area contributed by atoms with Gasteiger partial charge in [0.05, 0.1) is 5.54 Å². The Bertz CT molecular complexity index is 521. The maximum absolute atomic E-state index is 4.43. The van der Waals surface area contributed by atoms with E-state index in [0.717, 1.165) is 16.4 Å². The number of hydrogen-bond acceptors (Lipinski definition) is 6. The van der Waals surface area contributed by atoms with Gasteiger partial charge in [-0.15, -0.1) is 11.3 Å². The van der Waals surface area contributed by atoms with Gasteiger partial charge in [0.1, 0.15) is 10.8 Å². The largest absolute Gasteiger partial charge is 0.358 e. The Hall–Kier alpha value is -1.69. The predicted octanol–water partition coefficient (Wildman–Crippen LogP) is 2.63. The highest BCUT2D eigenvalue weighted by Gasteiger charge is 2.24. The van der Waals surface area contributed by atoms with Crippen molar-refractivity contribution < 1.29 is 0 Å². The fourth-order valence-electron chi connectivity index (χ4n) is 1.57. The van der Waals surface area contributed by atoms with Gasteiger partial charge in [-0.3, -0.25) is 0 Å². The van der Waals surface area contributed by atoms with Gasteiger partial charge in [0.2, 0.25) is 5.95 Å². The fraction of sp³-hybridized carbons (Fsp3) is 0.417. The van der Waals surface area contributed by atoms with Crippen molar-refractivity contribution in [1.29, 1.82) is 0 Å².